The van der Waals surface area contributed by atoms with Crippen LogP contribution in [0.3, 0.4) is 0 Å². The van der Waals surface area contributed by atoms with Crippen LogP contribution in [0.15, 0.2) is 40.0 Å². The molecule has 1 aliphatic rings. The molecule has 1 N–H and O–H groups in total. The first-order chi connectivity index (χ1) is 11.3. The normalized spacial score (nSPS) is 14.8. The highest BCUT2D eigenvalue weighted by Crippen LogP contribution is 2.38. The summed E-state index contributed by atoms with van der Waals surface area (Å²) in [4.78, 5) is 12.1. The van der Waals surface area contributed by atoms with Crippen molar-refractivity contribution < 1.29 is 8.42 Å². The summed E-state index contributed by atoms with van der Waals surface area (Å²) in [6.07, 6.45) is 2.20. The number of aromatic nitrogens is 2. The molecule has 7 heteroatoms. The second-order valence-corrected chi connectivity index (χ2v) is 8.08. The number of hydrogen-bond donors (Lipinski definition) is 1. The molecule has 0 radical (unpaired) electrons. The highest BCUT2D eigenvalue weighted by molar-refractivity contribution is 7.89. The zero-order chi connectivity index (χ0) is 17.3. The SMILES string of the molecule is Cc1cc(C)cc(S(=O)(=O)NCCn2nc(C3CC3)ccc2=O)c1. The molecule has 128 valence electrons. The molecule has 1 heterocycles. The molecular formula is C17H21N3O3S. The Morgan fingerprint density at radius 3 is 2.46 bits per heavy atom. The fraction of sp³-hybridized carbons (Fsp3) is 0.412. The molecule has 6 nitrogen and oxygen atoms in total. The van der Waals surface area contributed by atoms with E-state index in [0.717, 1.165) is 29.7 Å². The monoisotopic (exact) mass is 347 g/mol. The second kappa shape index (κ2) is 6.49. The quantitative estimate of drug-likeness (QED) is 0.863. The lowest BCUT2D eigenvalue weighted by Gasteiger charge is -2.10. The first-order valence-corrected chi connectivity index (χ1v) is 9.49. The van der Waals surface area contributed by atoms with Gasteiger partial charge in [-0.1, -0.05) is 6.07 Å². The van der Waals surface area contributed by atoms with Crippen LogP contribution in [0.25, 0.3) is 0 Å². The van der Waals surface area contributed by atoms with Gasteiger partial charge in [-0.2, -0.15) is 5.10 Å². The Bertz CT molecular complexity index is 895. The van der Waals surface area contributed by atoms with Crippen LogP contribution in [0, 0.1) is 13.8 Å². The molecule has 1 fully saturated rings. The van der Waals surface area contributed by atoms with Gasteiger partial charge in [0.05, 0.1) is 17.1 Å². The van der Waals surface area contributed by atoms with E-state index in [1.54, 1.807) is 18.2 Å². The van der Waals surface area contributed by atoms with Crippen molar-refractivity contribution in [3.8, 4) is 0 Å². The lowest BCUT2D eigenvalue weighted by Crippen LogP contribution is -2.32. The van der Waals surface area contributed by atoms with Crippen molar-refractivity contribution in [2.45, 2.75) is 44.0 Å². The summed E-state index contributed by atoms with van der Waals surface area (Å²) in [5, 5.41) is 4.32. The molecule has 1 aliphatic carbocycles. The molecule has 0 unspecified atom stereocenters. The van der Waals surface area contributed by atoms with Crippen LogP contribution >= 0.6 is 0 Å². The second-order valence-electron chi connectivity index (χ2n) is 6.32. The molecule has 1 aromatic heterocycles. The van der Waals surface area contributed by atoms with Gasteiger partial charge in [0.15, 0.2) is 0 Å². The van der Waals surface area contributed by atoms with Crippen molar-refractivity contribution in [3.05, 3.63) is 57.5 Å². The van der Waals surface area contributed by atoms with Crippen LogP contribution in [0.5, 0.6) is 0 Å². The van der Waals surface area contributed by atoms with E-state index >= 15 is 0 Å². The molecule has 24 heavy (non-hydrogen) atoms. The molecular weight excluding hydrogens is 326 g/mol. The zero-order valence-corrected chi connectivity index (χ0v) is 14.6. The molecule has 0 bridgehead atoms. The van der Waals surface area contributed by atoms with Gasteiger partial charge >= 0.3 is 0 Å². The molecule has 0 aliphatic heterocycles. The lowest BCUT2D eigenvalue weighted by atomic mass is 10.2. The van der Waals surface area contributed by atoms with Crippen LogP contribution in [0.1, 0.15) is 35.6 Å². The molecule has 0 spiro atoms. The van der Waals surface area contributed by atoms with Gasteiger partial charge in [0.1, 0.15) is 0 Å². The number of sulfonamides is 1. The number of nitrogens with one attached hydrogen (secondary N) is 1. The summed E-state index contributed by atoms with van der Waals surface area (Å²) < 4.78 is 28.6. The van der Waals surface area contributed by atoms with Crippen molar-refractivity contribution in [1.82, 2.24) is 14.5 Å². The topological polar surface area (TPSA) is 81.1 Å². The van der Waals surface area contributed by atoms with E-state index in [1.165, 1.54) is 10.7 Å². The van der Waals surface area contributed by atoms with Crippen molar-refractivity contribution in [2.24, 2.45) is 0 Å². The van der Waals surface area contributed by atoms with Gasteiger partial charge in [-0.15, -0.1) is 0 Å². The third-order valence-electron chi connectivity index (χ3n) is 4.00. The van der Waals surface area contributed by atoms with Gasteiger partial charge in [0.25, 0.3) is 5.56 Å². The molecule has 2 aromatic rings. The van der Waals surface area contributed by atoms with Gasteiger partial charge in [0.2, 0.25) is 10.0 Å². The van der Waals surface area contributed by atoms with E-state index in [9.17, 15) is 13.2 Å². The van der Waals surface area contributed by atoms with E-state index in [1.807, 2.05) is 19.9 Å². The van der Waals surface area contributed by atoms with E-state index in [0.29, 0.717) is 5.92 Å². The van der Waals surface area contributed by atoms with Gasteiger partial charge in [-0.05, 0) is 56.0 Å². The first kappa shape index (κ1) is 16.9. The summed E-state index contributed by atoms with van der Waals surface area (Å²) in [5.41, 5.74) is 2.48. The average Bonchev–Trinajstić information content (AvgIpc) is 3.33. The van der Waals surface area contributed by atoms with Gasteiger partial charge < -0.3 is 0 Å². The summed E-state index contributed by atoms with van der Waals surface area (Å²) in [5.74, 6) is 0.448. The van der Waals surface area contributed by atoms with E-state index in [4.69, 9.17) is 0 Å². The smallest absolute Gasteiger partial charge is 0.266 e. The first-order valence-electron chi connectivity index (χ1n) is 8.01. The minimum absolute atomic E-state index is 0.121. The fourth-order valence-corrected chi connectivity index (χ4v) is 3.89. The highest BCUT2D eigenvalue weighted by atomic mass is 32.2. The minimum Gasteiger partial charge on any atom is -0.268 e. The van der Waals surface area contributed by atoms with Crippen LogP contribution < -0.4 is 10.3 Å². The summed E-state index contributed by atoms with van der Waals surface area (Å²) >= 11 is 0. The Balaban J connectivity index is 1.69. The number of nitrogens with zero attached hydrogens (tertiary/aromatic N) is 2. The standard InChI is InChI=1S/C17H21N3O3S/c1-12-9-13(2)11-15(10-12)24(22,23)18-7-8-20-17(21)6-5-16(19-20)14-3-4-14/h5-6,9-11,14,18H,3-4,7-8H2,1-2H3. The Morgan fingerprint density at radius 1 is 1.17 bits per heavy atom. The van der Waals surface area contributed by atoms with Gasteiger partial charge in [-0.3, -0.25) is 4.79 Å². The Labute approximate surface area is 141 Å². The maximum absolute atomic E-state index is 12.4. The largest absolute Gasteiger partial charge is 0.268 e. The van der Waals surface area contributed by atoms with Crippen LogP contribution in [-0.2, 0) is 16.6 Å². The predicted octanol–water partition coefficient (Wildman–Crippen LogP) is 1.72. The number of aryl methyl sites for hydroxylation is 2. The van der Waals surface area contributed by atoms with E-state index in [-0.39, 0.29) is 23.5 Å². The van der Waals surface area contributed by atoms with Crippen LogP contribution in [0.2, 0.25) is 0 Å². The van der Waals surface area contributed by atoms with Crippen molar-refractivity contribution in [2.75, 3.05) is 6.54 Å². The van der Waals surface area contributed by atoms with Crippen molar-refractivity contribution in [3.63, 3.8) is 0 Å². The zero-order valence-electron chi connectivity index (χ0n) is 13.8. The molecule has 1 saturated carbocycles. The third-order valence-corrected chi connectivity index (χ3v) is 5.44. The van der Waals surface area contributed by atoms with Crippen LogP contribution in [0.4, 0.5) is 0 Å². The molecule has 1 aromatic carbocycles. The van der Waals surface area contributed by atoms with Gasteiger partial charge in [0, 0.05) is 18.5 Å². The van der Waals surface area contributed by atoms with Crippen molar-refractivity contribution in [1.29, 1.82) is 0 Å². The summed E-state index contributed by atoms with van der Waals surface area (Å²) in [7, 11) is -3.60. The Hall–Kier alpha value is -1.99. The highest BCUT2D eigenvalue weighted by Gasteiger charge is 2.25. The number of rotatable bonds is 6. The van der Waals surface area contributed by atoms with E-state index < -0.39 is 10.0 Å². The minimum atomic E-state index is -3.60. The summed E-state index contributed by atoms with van der Waals surface area (Å²) in [6, 6.07) is 8.45. The fourth-order valence-electron chi connectivity index (χ4n) is 2.68. The van der Waals surface area contributed by atoms with E-state index in [2.05, 4.69) is 9.82 Å². The van der Waals surface area contributed by atoms with Crippen molar-refractivity contribution >= 4 is 10.0 Å². The average molecular weight is 347 g/mol. The van der Waals surface area contributed by atoms with Crippen LogP contribution in [-0.4, -0.2) is 24.7 Å². The lowest BCUT2D eigenvalue weighted by molar-refractivity contribution is 0.540. The molecule has 0 atom stereocenters. The maximum atomic E-state index is 12.4. The Morgan fingerprint density at radius 2 is 1.83 bits per heavy atom. The van der Waals surface area contributed by atoms with Gasteiger partial charge in [-0.25, -0.2) is 17.8 Å². The molecule has 0 saturated heterocycles. The number of hydrogen-bond acceptors (Lipinski definition) is 4. The molecule has 0 amide bonds. The Kier molecular flexibility index (Phi) is 4.56. The predicted molar refractivity (Wildman–Crippen MR) is 91.6 cm³/mol. The maximum Gasteiger partial charge on any atom is 0.266 e. The third kappa shape index (κ3) is 3.91. The number of benzene rings is 1. The summed E-state index contributed by atoms with van der Waals surface area (Å²) in [6.45, 7) is 4.05. The molecule has 3 rings (SSSR count).